The van der Waals surface area contributed by atoms with Gasteiger partial charge in [-0.05, 0) is 47.9 Å². The second kappa shape index (κ2) is 3.33. The molecule has 1 saturated heterocycles. The summed E-state index contributed by atoms with van der Waals surface area (Å²) >= 11 is 0. The van der Waals surface area contributed by atoms with Crippen LogP contribution in [0.3, 0.4) is 0 Å². The third kappa shape index (κ3) is 1.29. The van der Waals surface area contributed by atoms with Gasteiger partial charge < -0.3 is 9.88 Å². The molecule has 0 saturated carbocycles. The van der Waals surface area contributed by atoms with Crippen LogP contribution in [-0.2, 0) is 7.05 Å². The lowest BCUT2D eigenvalue weighted by molar-refractivity contribution is 0.550. The normalized spacial score (nSPS) is 27.1. The highest BCUT2D eigenvalue weighted by molar-refractivity contribution is 5.78. The van der Waals surface area contributed by atoms with Gasteiger partial charge in [-0.1, -0.05) is 0 Å². The average molecular weight is 227 g/mol. The molecule has 0 spiro atoms. The zero-order valence-electron chi connectivity index (χ0n) is 10.1. The lowest BCUT2D eigenvalue weighted by Crippen LogP contribution is -2.18. The predicted octanol–water partition coefficient (Wildman–Crippen LogP) is 2.14. The van der Waals surface area contributed by atoms with E-state index in [1.165, 1.54) is 18.4 Å². The Hall–Kier alpha value is -1.35. The number of hydrogen-bond donors (Lipinski definition) is 1. The Labute approximate surface area is 101 Å². The molecule has 1 aromatic heterocycles. The monoisotopic (exact) mass is 227 g/mol. The van der Waals surface area contributed by atoms with Gasteiger partial charge in [0.15, 0.2) is 0 Å². The maximum Gasteiger partial charge on any atom is 0.0955 e. The van der Waals surface area contributed by atoms with Crippen LogP contribution in [0.5, 0.6) is 0 Å². The van der Waals surface area contributed by atoms with E-state index in [9.17, 15) is 0 Å². The van der Waals surface area contributed by atoms with Crippen LogP contribution in [0.2, 0.25) is 0 Å². The predicted molar refractivity (Wildman–Crippen MR) is 68.3 cm³/mol. The van der Waals surface area contributed by atoms with Crippen LogP contribution < -0.4 is 5.32 Å². The molecule has 3 heterocycles. The van der Waals surface area contributed by atoms with Crippen molar-refractivity contribution in [3.8, 4) is 0 Å². The highest BCUT2D eigenvalue weighted by Crippen LogP contribution is 2.41. The molecule has 5 rings (SSSR count). The molecule has 2 aromatic rings. The summed E-state index contributed by atoms with van der Waals surface area (Å²) in [5.74, 6) is 1.42. The molecule has 2 aliphatic heterocycles. The summed E-state index contributed by atoms with van der Waals surface area (Å²) in [6, 6.07) is 4.70. The van der Waals surface area contributed by atoms with E-state index < -0.39 is 0 Å². The van der Waals surface area contributed by atoms with Gasteiger partial charge in [-0.25, -0.2) is 4.98 Å². The van der Waals surface area contributed by atoms with E-state index in [0.717, 1.165) is 18.6 Å². The van der Waals surface area contributed by atoms with Crippen molar-refractivity contribution < 1.29 is 0 Å². The topological polar surface area (TPSA) is 29.9 Å². The molecule has 17 heavy (non-hydrogen) atoms. The van der Waals surface area contributed by atoms with E-state index in [1.807, 2.05) is 6.33 Å². The third-order valence-electron chi connectivity index (χ3n) is 4.45. The largest absolute Gasteiger partial charge is 0.334 e. The number of nitrogens with one attached hydrogen (secondary N) is 1. The fourth-order valence-electron chi connectivity index (χ4n) is 3.48. The molecule has 0 radical (unpaired) electrons. The number of benzene rings is 1. The van der Waals surface area contributed by atoms with Gasteiger partial charge in [0.25, 0.3) is 0 Å². The first-order chi connectivity index (χ1) is 8.33. The van der Waals surface area contributed by atoms with Crippen molar-refractivity contribution in [2.75, 3.05) is 13.1 Å². The highest BCUT2D eigenvalue weighted by atomic mass is 15.0. The molecule has 3 heteroatoms. The van der Waals surface area contributed by atoms with Crippen LogP contribution in [0.4, 0.5) is 0 Å². The zero-order chi connectivity index (χ0) is 11.4. The molecular formula is C14H17N3. The van der Waals surface area contributed by atoms with Crippen LogP contribution in [0.25, 0.3) is 11.0 Å². The number of aryl methyl sites for hydroxylation is 1. The molecule has 1 aromatic carbocycles. The molecule has 3 aliphatic rings. The number of rotatable bonds is 0. The zero-order valence-corrected chi connectivity index (χ0v) is 10.1. The van der Waals surface area contributed by atoms with Crippen LogP contribution in [-0.4, -0.2) is 22.6 Å². The number of nitrogens with zero attached hydrogens (tertiary/aromatic N) is 2. The number of hydrogen-bond acceptors (Lipinski definition) is 2. The Morgan fingerprint density at radius 2 is 1.88 bits per heavy atom. The molecule has 1 aliphatic carbocycles. The molecule has 2 atom stereocenters. The second-order valence-corrected chi connectivity index (χ2v) is 5.45. The molecule has 1 N–H and O–H groups in total. The van der Waals surface area contributed by atoms with Gasteiger partial charge >= 0.3 is 0 Å². The molecule has 1 fully saturated rings. The smallest absolute Gasteiger partial charge is 0.0955 e. The summed E-state index contributed by atoms with van der Waals surface area (Å²) in [5.41, 5.74) is 5.55. The Morgan fingerprint density at radius 3 is 2.65 bits per heavy atom. The molecule has 2 unspecified atom stereocenters. The van der Waals surface area contributed by atoms with Crippen molar-refractivity contribution in [3.05, 3.63) is 29.6 Å². The summed E-state index contributed by atoms with van der Waals surface area (Å²) in [5, 5.41) is 3.59. The van der Waals surface area contributed by atoms with Crippen molar-refractivity contribution in [2.45, 2.75) is 24.7 Å². The van der Waals surface area contributed by atoms with Gasteiger partial charge in [-0.2, -0.15) is 0 Å². The van der Waals surface area contributed by atoms with Crippen molar-refractivity contribution in [3.63, 3.8) is 0 Å². The van der Waals surface area contributed by atoms with Crippen LogP contribution in [0.15, 0.2) is 18.5 Å². The number of imidazole rings is 1. The van der Waals surface area contributed by atoms with E-state index in [4.69, 9.17) is 0 Å². The van der Waals surface area contributed by atoms with Gasteiger partial charge in [0, 0.05) is 20.1 Å². The van der Waals surface area contributed by atoms with Gasteiger partial charge in [0.2, 0.25) is 0 Å². The maximum absolute atomic E-state index is 4.48. The minimum Gasteiger partial charge on any atom is -0.334 e. The molecular weight excluding hydrogens is 210 g/mol. The summed E-state index contributed by atoms with van der Waals surface area (Å²) in [6.45, 7) is 2.29. The van der Waals surface area contributed by atoms with Crippen molar-refractivity contribution in [2.24, 2.45) is 7.05 Å². The Kier molecular flexibility index (Phi) is 1.89. The van der Waals surface area contributed by atoms with E-state index in [-0.39, 0.29) is 0 Å². The Bertz CT molecular complexity index is 580. The standard InChI is InChI=1S/C14H17N3/c1-17-8-16-13-4-11-9-2-3-10(7-15-6-9)12(11)5-14(13)17/h4-5,8-10,15H,2-3,6-7H2,1H3. The van der Waals surface area contributed by atoms with E-state index in [1.54, 1.807) is 11.1 Å². The summed E-state index contributed by atoms with van der Waals surface area (Å²) in [6.07, 6.45) is 4.60. The molecule has 0 amide bonds. The van der Waals surface area contributed by atoms with E-state index in [2.05, 4.69) is 34.0 Å². The van der Waals surface area contributed by atoms with Gasteiger partial charge in [-0.15, -0.1) is 0 Å². The average Bonchev–Trinajstić information content (AvgIpc) is 2.58. The highest BCUT2D eigenvalue weighted by Gasteiger charge is 2.30. The SMILES string of the molecule is Cn1cnc2cc3c(cc21)C1CCC3CNC1. The Balaban J connectivity index is 2.02. The minimum absolute atomic E-state index is 0.704. The Morgan fingerprint density at radius 1 is 1.18 bits per heavy atom. The lowest BCUT2D eigenvalue weighted by Gasteiger charge is -2.26. The molecule has 2 bridgehead atoms. The summed E-state index contributed by atoms with van der Waals surface area (Å²) in [4.78, 5) is 4.48. The van der Waals surface area contributed by atoms with E-state index in [0.29, 0.717) is 11.8 Å². The first-order valence-electron chi connectivity index (χ1n) is 6.48. The quantitative estimate of drug-likeness (QED) is 0.747. The second-order valence-electron chi connectivity index (χ2n) is 5.45. The van der Waals surface area contributed by atoms with E-state index >= 15 is 0 Å². The fourth-order valence-corrected chi connectivity index (χ4v) is 3.48. The summed E-state index contributed by atoms with van der Waals surface area (Å²) in [7, 11) is 2.08. The fraction of sp³-hybridized carbons (Fsp3) is 0.500. The lowest BCUT2D eigenvalue weighted by atomic mass is 9.78. The number of aromatic nitrogens is 2. The van der Waals surface area contributed by atoms with Crippen LogP contribution in [0.1, 0.15) is 35.8 Å². The molecule has 3 nitrogen and oxygen atoms in total. The van der Waals surface area contributed by atoms with Crippen molar-refractivity contribution >= 4 is 11.0 Å². The summed E-state index contributed by atoms with van der Waals surface area (Å²) < 4.78 is 2.13. The first kappa shape index (κ1) is 9.66. The van der Waals surface area contributed by atoms with Crippen molar-refractivity contribution in [1.82, 2.24) is 14.9 Å². The van der Waals surface area contributed by atoms with Gasteiger partial charge in [0.05, 0.1) is 17.4 Å². The van der Waals surface area contributed by atoms with Gasteiger partial charge in [-0.3, -0.25) is 0 Å². The minimum atomic E-state index is 0.704. The van der Waals surface area contributed by atoms with Crippen LogP contribution >= 0.6 is 0 Å². The molecule has 88 valence electrons. The number of fused-ring (bicyclic) bond motifs is 4. The van der Waals surface area contributed by atoms with Crippen molar-refractivity contribution in [1.29, 1.82) is 0 Å². The third-order valence-corrected chi connectivity index (χ3v) is 4.45. The van der Waals surface area contributed by atoms with Gasteiger partial charge in [0.1, 0.15) is 0 Å². The van der Waals surface area contributed by atoms with Crippen LogP contribution in [0, 0.1) is 0 Å². The first-order valence-corrected chi connectivity index (χ1v) is 6.48. The maximum atomic E-state index is 4.48.